The molecule has 92 valence electrons. The predicted molar refractivity (Wildman–Crippen MR) is 61.4 cm³/mol. The predicted octanol–water partition coefficient (Wildman–Crippen LogP) is 0.169. The highest BCUT2D eigenvalue weighted by molar-refractivity contribution is 5.76. The molecule has 2 rings (SSSR count). The number of rotatable bonds is 4. The van der Waals surface area contributed by atoms with Crippen LogP contribution in [0.4, 0.5) is 4.79 Å². The lowest BCUT2D eigenvalue weighted by atomic mass is 10.2. The van der Waals surface area contributed by atoms with Gasteiger partial charge in [-0.15, -0.1) is 0 Å². The van der Waals surface area contributed by atoms with Crippen molar-refractivity contribution in [1.82, 2.24) is 15.5 Å². The standard InChI is InChI=1S/C11H21N3O2/c1-2-9-7-14(11(15)13-9)5-3-10-8-16-6-4-12-10/h9-10,12H,2-8H2,1H3,(H,13,15). The van der Waals surface area contributed by atoms with E-state index in [1.165, 1.54) is 0 Å². The van der Waals surface area contributed by atoms with Crippen molar-refractivity contribution >= 4 is 6.03 Å². The van der Waals surface area contributed by atoms with Crippen molar-refractivity contribution < 1.29 is 9.53 Å². The van der Waals surface area contributed by atoms with Crippen molar-refractivity contribution in [2.75, 3.05) is 32.8 Å². The third-order valence-electron chi connectivity index (χ3n) is 3.29. The first-order chi connectivity index (χ1) is 7.79. The molecule has 2 N–H and O–H groups in total. The molecule has 0 aromatic heterocycles. The number of hydrogen-bond acceptors (Lipinski definition) is 3. The van der Waals surface area contributed by atoms with Crippen molar-refractivity contribution in [2.24, 2.45) is 0 Å². The molecule has 2 aliphatic heterocycles. The highest BCUT2D eigenvalue weighted by atomic mass is 16.5. The maximum Gasteiger partial charge on any atom is 0.317 e. The Hall–Kier alpha value is -0.810. The van der Waals surface area contributed by atoms with Gasteiger partial charge in [0.2, 0.25) is 0 Å². The van der Waals surface area contributed by atoms with Gasteiger partial charge in [0.15, 0.2) is 0 Å². The Morgan fingerprint density at radius 3 is 3.00 bits per heavy atom. The van der Waals surface area contributed by atoms with Crippen LogP contribution >= 0.6 is 0 Å². The molecule has 2 unspecified atom stereocenters. The lowest BCUT2D eigenvalue weighted by Crippen LogP contribution is -2.43. The third-order valence-corrected chi connectivity index (χ3v) is 3.29. The summed E-state index contributed by atoms with van der Waals surface area (Å²) in [5.41, 5.74) is 0. The minimum absolute atomic E-state index is 0.0866. The lowest BCUT2D eigenvalue weighted by molar-refractivity contribution is 0.0717. The van der Waals surface area contributed by atoms with Crippen molar-refractivity contribution in [2.45, 2.75) is 31.8 Å². The minimum Gasteiger partial charge on any atom is -0.379 e. The van der Waals surface area contributed by atoms with Gasteiger partial charge in [-0.3, -0.25) is 0 Å². The van der Waals surface area contributed by atoms with Gasteiger partial charge in [-0.1, -0.05) is 6.92 Å². The first-order valence-electron chi connectivity index (χ1n) is 6.16. The molecule has 0 radical (unpaired) electrons. The van der Waals surface area contributed by atoms with E-state index in [4.69, 9.17) is 4.74 Å². The first kappa shape index (κ1) is 11.7. The molecule has 5 heteroatoms. The molecule has 2 fully saturated rings. The Balaban J connectivity index is 1.71. The molecule has 2 amide bonds. The van der Waals surface area contributed by atoms with E-state index >= 15 is 0 Å². The van der Waals surface area contributed by atoms with E-state index in [1.807, 2.05) is 4.90 Å². The molecular formula is C11H21N3O2. The van der Waals surface area contributed by atoms with Crippen LogP contribution in [-0.4, -0.2) is 55.9 Å². The second kappa shape index (κ2) is 5.50. The molecule has 0 aliphatic carbocycles. The third kappa shape index (κ3) is 2.86. The smallest absolute Gasteiger partial charge is 0.317 e. The Kier molecular flexibility index (Phi) is 4.01. The molecule has 0 aromatic carbocycles. The summed E-state index contributed by atoms with van der Waals surface area (Å²) in [5, 5.41) is 6.38. The zero-order valence-corrected chi connectivity index (χ0v) is 9.87. The number of morpholine rings is 1. The second-order valence-electron chi connectivity index (χ2n) is 4.52. The monoisotopic (exact) mass is 227 g/mol. The Morgan fingerprint density at radius 2 is 2.38 bits per heavy atom. The minimum atomic E-state index is 0.0866. The van der Waals surface area contributed by atoms with E-state index in [1.54, 1.807) is 0 Å². The summed E-state index contributed by atoms with van der Waals surface area (Å²) in [6.45, 7) is 6.27. The van der Waals surface area contributed by atoms with Crippen LogP contribution in [0.3, 0.4) is 0 Å². The highest BCUT2D eigenvalue weighted by Crippen LogP contribution is 2.09. The average molecular weight is 227 g/mol. The van der Waals surface area contributed by atoms with E-state index in [-0.39, 0.29) is 6.03 Å². The van der Waals surface area contributed by atoms with Gasteiger partial charge in [-0.2, -0.15) is 0 Å². The largest absolute Gasteiger partial charge is 0.379 e. The van der Waals surface area contributed by atoms with Crippen LogP contribution < -0.4 is 10.6 Å². The summed E-state index contributed by atoms with van der Waals surface area (Å²) in [6, 6.07) is 0.828. The fourth-order valence-corrected chi connectivity index (χ4v) is 2.20. The fraction of sp³-hybridized carbons (Fsp3) is 0.909. The van der Waals surface area contributed by atoms with E-state index < -0.39 is 0 Å². The van der Waals surface area contributed by atoms with Crippen molar-refractivity contribution in [3.63, 3.8) is 0 Å². The number of carbonyl (C=O) groups is 1. The van der Waals surface area contributed by atoms with Crippen LogP contribution in [0, 0.1) is 0 Å². The molecule has 0 aromatic rings. The van der Waals surface area contributed by atoms with Gasteiger partial charge in [0, 0.05) is 31.7 Å². The van der Waals surface area contributed by atoms with Crippen LogP contribution in [0.25, 0.3) is 0 Å². The van der Waals surface area contributed by atoms with Gasteiger partial charge in [0.1, 0.15) is 0 Å². The van der Waals surface area contributed by atoms with Gasteiger partial charge < -0.3 is 20.3 Å². The van der Waals surface area contributed by atoms with Crippen LogP contribution in [-0.2, 0) is 4.74 Å². The zero-order chi connectivity index (χ0) is 11.4. The Labute approximate surface area is 96.5 Å². The number of carbonyl (C=O) groups excluding carboxylic acids is 1. The number of urea groups is 1. The Morgan fingerprint density at radius 1 is 1.50 bits per heavy atom. The van der Waals surface area contributed by atoms with Crippen LogP contribution in [0.2, 0.25) is 0 Å². The lowest BCUT2D eigenvalue weighted by Gasteiger charge is -2.25. The van der Waals surface area contributed by atoms with Gasteiger partial charge >= 0.3 is 6.03 Å². The van der Waals surface area contributed by atoms with Crippen molar-refractivity contribution in [3.05, 3.63) is 0 Å². The van der Waals surface area contributed by atoms with Gasteiger partial charge in [-0.05, 0) is 12.8 Å². The topological polar surface area (TPSA) is 53.6 Å². The molecule has 2 aliphatic rings. The quantitative estimate of drug-likeness (QED) is 0.720. The summed E-state index contributed by atoms with van der Waals surface area (Å²) < 4.78 is 5.38. The van der Waals surface area contributed by atoms with E-state index in [9.17, 15) is 4.79 Å². The second-order valence-corrected chi connectivity index (χ2v) is 4.52. The SMILES string of the molecule is CCC1CN(CCC2COCCN2)C(=O)N1. The average Bonchev–Trinajstić information content (AvgIpc) is 2.69. The summed E-state index contributed by atoms with van der Waals surface area (Å²) in [4.78, 5) is 13.5. The zero-order valence-electron chi connectivity index (χ0n) is 9.87. The van der Waals surface area contributed by atoms with Crippen LogP contribution in [0.1, 0.15) is 19.8 Å². The summed E-state index contributed by atoms with van der Waals surface area (Å²) in [5.74, 6) is 0. The molecule has 0 spiro atoms. The molecular weight excluding hydrogens is 206 g/mol. The van der Waals surface area contributed by atoms with Gasteiger partial charge in [0.25, 0.3) is 0 Å². The maximum atomic E-state index is 11.6. The fourth-order valence-electron chi connectivity index (χ4n) is 2.20. The Bertz CT molecular complexity index is 241. The summed E-state index contributed by atoms with van der Waals surface area (Å²) >= 11 is 0. The first-order valence-corrected chi connectivity index (χ1v) is 6.16. The van der Waals surface area contributed by atoms with Crippen molar-refractivity contribution in [3.8, 4) is 0 Å². The van der Waals surface area contributed by atoms with Crippen molar-refractivity contribution in [1.29, 1.82) is 0 Å². The summed E-state index contributed by atoms with van der Waals surface area (Å²) in [7, 11) is 0. The molecule has 0 bridgehead atoms. The summed E-state index contributed by atoms with van der Waals surface area (Å²) in [6.07, 6.45) is 1.98. The van der Waals surface area contributed by atoms with Crippen LogP contribution in [0.5, 0.6) is 0 Å². The number of amides is 2. The molecule has 0 saturated carbocycles. The number of nitrogens with one attached hydrogen (secondary N) is 2. The van der Waals surface area contributed by atoms with Crippen LogP contribution in [0.15, 0.2) is 0 Å². The molecule has 2 saturated heterocycles. The van der Waals surface area contributed by atoms with Gasteiger partial charge in [0.05, 0.1) is 13.2 Å². The van der Waals surface area contributed by atoms with E-state index in [0.717, 1.165) is 45.7 Å². The van der Waals surface area contributed by atoms with E-state index in [0.29, 0.717) is 12.1 Å². The highest BCUT2D eigenvalue weighted by Gasteiger charge is 2.27. The maximum absolute atomic E-state index is 11.6. The molecule has 5 nitrogen and oxygen atoms in total. The van der Waals surface area contributed by atoms with Gasteiger partial charge in [-0.25, -0.2) is 4.79 Å². The van der Waals surface area contributed by atoms with E-state index in [2.05, 4.69) is 17.6 Å². The number of nitrogens with zero attached hydrogens (tertiary/aromatic N) is 1. The number of hydrogen-bond donors (Lipinski definition) is 2. The number of ether oxygens (including phenoxy) is 1. The molecule has 2 atom stereocenters. The molecule has 16 heavy (non-hydrogen) atoms. The molecule has 2 heterocycles. The normalized spacial score (nSPS) is 30.6.